The topological polar surface area (TPSA) is 29.1 Å². The van der Waals surface area contributed by atoms with Gasteiger partial charge in [0, 0.05) is 16.1 Å². The van der Waals surface area contributed by atoms with Gasteiger partial charge in [-0.15, -0.1) is 11.3 Å². The molecule has 0 saturated carbocycles. The number of carbonyl (C=O) groups is 1. The highest BCUT2D eigenvalue weighted by Crippen LogP contribution is 2.35. The van der Waals surface area contributed by atoms with Crippen molar-refractivity contribution in [2.24, 2.45) is 5.41 Å². The second-order valence-electron chi connectivity index (χ2n) is 5.80. The van der Waals surface area contributed by atoms with E-state index in [1.807, 2.05) is 31.2 Å². The molecule has 0 aliphatic heterocycles. The first-order valence-corrected chi connectivity index (χ1v) is 7.48. The van der Waals surface area contributed by atoms with Crippen LogP contribution in [0.4, 0.5) is 0 Å². The predicted molar refractivity (Wildman–Crippen MR) is 83.2 cm³/mol. The third kappa shape index (κ3) is 2.93. The molecule has 1 unspecified atom stereocenters. The minimum Gasteiger partial charge on any atom is -0.348 e. The zero-order chi connectivity index (χ0) is 14.2. The van der Waals surface area contributed by atoms with Crippen molar-refractivity contribution in [3.8, 4) is 0 Å². The summed E-state index contributed by atoms with van der Waals surface area (Å²) in [5, 5.41) is 4.53. The molecule has 4 heteroatoms. The van der Waals surface area contributed by atoms with E-state index in [0.29, 0.717) is 9.90 Å². The molecule has 1 aromatic heterocycles. The number of halogens is 1. The Morgan fingerprint density at radius 2 is 1.95 bits per heavy atom. The normalized spacial score (nSPS) is 13.5. The van der Waals surface area contributed by atoms with E-state index in [1.54, 1.807) is 0 Å². The maximum atomic E-state index is 12.3. The summed E-state index contributed by atoms with van der Waals surface area (Å²) in [6.07, 6.45) is 0. The number of nitrogens with one attached hydrogen (secondary N) is 1. The lowest BCUT2D eigenvalue weighted by atomic mass is 9.88. The number of hydrogen-bond donors (Lipinski definition) is 1. The Labute approximate surface area is 122 Å². The molecular weight excluding hydrogens is 278 g/mol. The molecule has 1 amide bonds. The van der Waals surface area contributed by atoms with Crippen LogP contribution in [0.1, 0.15) is 37.4 Å². The van der Waals surface area contributed by atoms with Crippen LogP contribution in [0.25, 0.3) is 10.1 Å². The highest BCUT2D eigenvalue weighted by molar-refractivity contribution is 7.21. The predicted octanol–water partition coefficient (Wildman–Crippen LogP) is 4.72. The Kier molecular flexibility index (Phi) is 3.88. The van der Waals surface area contributed by atoms with Crippen molar-refractivity contribution in [2.45, 2.75) is 33.7 Å². The molecule has 0 aliphatic carbocycles. The summed E-state index contributed by atoms with van der Waals surface area (Å²) < 4.78 is 1.04. The number of amides is 1. The quantitative estimate of drug-likeness (QED) is 0.853. The lowest BCUT2D eigenvalue weighted by Crippen LogP contribution is -2.41. The Bertz CT molecular complexity index is 612. The number of thiophene rings is 1. The number of rotatable bonds is 2. The van der Waals surface area contributed by atoms with Crippen molar-refractivity contribution in [1.82, 2.24) is 5.32 Å². The zero-order valence-corrected chi connectivity index (χ0v) is 13.2. The third-order valence-electron chi connectivity index (χ3n) is 3.39. The van der Waals surface area contributed by atoms with E-state index in [9.17, 15) is 4.79 Å². The van der Waals surface area contributed by atoms with Gasteiger partial charge in [0.2, 0.25) is 0 Å². The molecular formula is C15H18ClNOS. The number of carbonyl (C=O) groups excluding carboxylic acids is 1. The Morgan fingerprint density at radius 3 is 2.53 bits per heavy atom. The van der Waals surface area contributed by atoms with Gasteiger partial charge >= 0.3 is 0 Å². The van der Waals surface area contributed by atoms with Gasteiger partial charge in [0.1, 0.15) is 4.88 Å². The molecule has 0 spiro atoms. The molecule has 1 heterocycles. The summed E-state index contributed by atoms with van der Waals surface area (Å²) in [4.78, 5) is 12.9. The smallest absolute Gasteiger partial charge is 0.263 e. The molecule has 2 nitrogen and oxygen atoms in total. The summed E-state index contributed by atoms with van der Waals surface area (Å²) in [5.41, 5.74) is 0.0266. The maximum Gasteiger partial charge on any atom is 0.263 e. The number of hydrogen-bond acceptors (Lipinski definition) is 2. The van der Waals surface area contributed by atoms with Crippen LogP contribution in [0.5, 0.6) is 0 Å². The SMILES string of the molecule is CC(NC(=O)c1sc2ccccc2c1Cl)C(C)(C)C. The van der Waals surface area contributed by atoms with E-state index in [-0.39, 0.29) is 17.4 Å². The van der Waals surface area contributed by atoms with Crippen LogP contribution in [0.3, 0.4) is 0 Å². The summed E-state index contributed by atoms with van der Waals surface area (Å²) in [6.45, 7) is 8.32. The average Bonchev–Trinajstić information content (AvgIpc) is 2.66. The average molecular weight is 296 g/mol. The summed E-state index contributed by atoms with van der Waals surface area (Å²) in [7, 11) is 0. The van der Waals surface area contributed by atoms with Gasteiger partial charge in [-0.3, -0.25) is 4.79 Å². The van der Waals surface area contributed by atoms with E-state index >= 15 is 0 Å². The molecule has 1 aromatic carbocycles. The lowest BCUT2D eigenvalue weighted by Gasteiger charge is -2.27. The van der Waals surface area contributed by atoms with E-state index < -0.39 is 0 Å². The van der Waals surface area contributed by atoms with Crippen LogP contribution in [0.15, 0.2) is 24.3 Å². The molecule has 1 N–H and O–H groups in total. The first kappa shape index (κ1) is 14.4. The van der Waals surface area contributed by atoms with Crippen LogP contribution >= 0.6 is 22.9 Å². The summed E-state index contributed by atoms with van der Waals surface area (Å²) in [6, 6.07) is 7.89. The first-order valence-electron chi connectivity index (χ1n) is 6.28. The van der Waals surface area contributed by atoms with Crippen LogP contribution in [0, 0.1) is 5.41 Å². The maximum absolute atomic E-state index is 12.3. The van der Waals surface area contributed by atoms with E-state index in [4.69, 9.17) is 11.6 Å². The molecule has 0 saturated heterocycles. The fourth-order valence-electron chi connectivity index (χ4n) is 1.64. The second kappa shape index (κ2) is 5.14. The highest BCUT2D eigenvalue weighted by atomic mass is 35.5. The monoisotopic (exact) mass is 295 g/mol. The fraction of sp³-hybridized carbons (Fsp3) is 0.400. The second-order valence-corrected chi connectivity index (χ2v) is 7.23. The van der Waals surface area contributed by atoms with Gasteiger partial charge in [-0.05, 0) is 18.4 Å². The molecule has 0 bridgehead atoms. The van der Waals surface area contributed by atoms with Crippen molar-refractivity contribution in [3.63, 3.8) is 0 Å². The molecule has 19 heavy (non-hydrogen) atoms. The summed E-state index contributed by atoms with van der Waals surface area (Å²) in [5.74, 6) is -0.0892. The molecule has 2 aromatic rings. The van der Waals surface area contributed by atoms with E-state index in [0.717, 1.165) is 10.1 Å². The summed E-state index contributed by atoms with van der Waals surface area (Å²) >= 11 is 7.74. The molecule has 102 valence electrons. The van der Waals surface area contributed by atoms with Crippen LogP contribution in [-0.2, 0) is 0 Å². The van der Waals surface area contributed by atoms with Crippen molar-refractivity contribution in [2.75, 3.05) is 0 Å². The molecule has 0 fully saturated rings. The fourth-order valence-corrected chi connectivity index (χ4v) is 3.06. The number of benzene rings is 1. The molecule has 1 atom stereocenters. The minimum absolute atomic E-state index is 0.0266. The minimum atomic E-state index is -0.0892. The van der Waals surface area contributed by atoms with E-state index in [2.05, 4.69) is 26.1 Å². The number of fused-ring (bicyclic) bond motifs is 1. The third-order valence-corrected chi connectivity index (χ3v) is 5.06. The molecule has 2 rings (SSSR count). The Balaban J connectivity index is 2.30. The van der Waals surface area contributed by atoms with Crippen LogP contribution in [-0.4, -0.2) is 11.9 Å². The largest absolute Gasteiger partial charge is 0.348 e. The standard InChI is InChI=1S/C15H18ClNOS/c1-9(15(2,3)4)17-14(18)13-12(16)10-7-5-6-8-11(10)19-13/h5-9H,1-4H3,(H,17,18). The van der Waals surface area contributed by atoms with Crippen molar-refractivity contribution in [1.29, 1.82) is 0 Å². The van der Waals surface area contributed by atoms with Gasteiger partial charge < -0.3 is 5.32 Å². The zero-order valence-electron chi connectivity index (χ0n) is 11.6. The first-order chi connectivity index (χ1) is 8.80. The van der Waals surface area contributed by atoms with Gasteiger partial charge in [0.25, 0.3) is 5.91 Å². The Hall–Kier alpha value is -1.06. The highest BCUT2D eigenvalue weighted by Gasteiger charge is 2.24. The van der Waals surface area contributed by atoms with Crippen molar-refractivity contribution < 1.29 is 4.79 Å². The van der Waals surface area contributed by atoms with Crippen LogP contribution in [0.2, 0.25) is 5.02 Å². The van der Waals surface area contributed by atoms with E-state index in [1.165, 1.54) is 11.3 Å². The molecule has 0 radical (unpaired) electrons. The van der Waals surface area contributed by atoms with Crippen molar-refractivity contribution in [3.05, 3.63) is 34.2 Å². The van der Waals surface area contributed by atoms with Gasteiger partial charge in [-0.1, -0.05) is 50.6 Å². The lowest BCUT2D eigenvalue weighted by molar-refractivity contribution is 0.0914. The van der Waals surface area contributed by atoms with Crippen molar-refractivity contribution >= 4 is 38.9 Å². The Morgan fingerprint density at radius 1 is 1.32 bits per heavy atom. The molecule has 0 aliphatic rings. The van der Waals surface area contributed by atoms with Gasteiger partial charge in [0.15, 0.2) is 0 Å². The van der Waals surface area contributed by atoms with Gasteiger partial charge in [-0.2, -0.15) is 0 Å². The van der Waals surface area contributed by atoms with Crippen LogP contribution < -0.4 is 5.32 Å². The van der Waals surface area contributed by atoms with Gasteiger partial charge in [-0.25, -0.2) is 0 Å². The van der Waals surface area contributed by atoms with Gasteiger partial charge in [0.05, 0.1) is 5.02 Å².